The summed E-state index contributed by atoms with van der Waals surface area (Å²) in [6.07, 6.45) is 2.43. The fraction of sp³-hybridized carbons (Fsp3) is 0.722. The number of nitrogens with zero attached hydrogens (tertiary/aromatic N) is 3. The summed E-state index contributed by atoms with van der Waals surface area (Å²) < 4.78 is 5.42. The van der Waals surface area contributed by atoms with Crippen LogP contribution in [0, 0.1) is 6.92 Å². The minimum Gasteiger partial charge on any atom is -0.444 e. The molecule has 0 radical (unpaired) electrons. The van der Waals surface area contributed by atoms with Crippen molar-refractivity contribution in [2.45, 2.75) is 53.6 Å². The topological polar surface area (TPSA) is 78.9 Å². The van der Waals surface area contributed by atoms with E-state index in [0.29, 0.717) is 26.2 Å². The standard InChI is InChI=1S/C18H33N5O2S/c1-7-19-16(20-10-9-15-22-13-14(3)26-15)21-11-12-23(8-2)17(24)25-18(4,5)6/h13H,7-12H2,1-6H3,(H2,19,20,21). The van der Waals surface area contributed by atoms with Crippen molar-refractivity contribution in [2.24, 2.45) is 4.99 Å². The number of nitrogens with one attached hydrogen (secondary N) is 2. The highest BCUT2D eigenvalue weighted by Gasteiger charge is 2.20. The van der Waals surface area contributed by atoms with Crippen LogP contribution in [0.4, 0.5) is 4.79 Å². The monoisotopic (exact) mass is 383 g/mol. The largest absolute Gasteiger partial charge is 0.444 e. The van der Waals surface area contributed by atoms with E-state index in [1.807, 2.05) is 40.8 Å². The molecule has 1 aromatic rings. The number of carbonyl (C=O) groups excluding carboxylic acids is 1. The Labute approximate surface area is 161 Å². The van der Waals surface area contributed by atoms with Gasteiger partial charge in [0.1, 0.15) is 5.60 Å². The molecular formula is C18H33N5O2S. The molecule has 0 unspecified atom stereocenters. The van der Waals surface area contributed by atoms with E-state index in [9.17, 15) is 4.79 Å². The van der Waals surface area contributed by atoms with Gasteiger partial charge in [-0.25, -0.2) is 9.78 Å². The Kier molecular flexibility index (Phi) is 9.40. The van der Waals surface area contributed by atoms with Crippen molar-refractivity contribution in [3.05, 3.63) is 16.1 Å². The summed E-state index contributed by atoms with van der Waals surface area (Å²) >= 11 is 1.71. The van der Waals surface area contributed by atoms with Gasteiger partial charge in [0.05, 0.1) is 5.01 Å². The van der Waals surface area contributed by atoms with Gasteiger partial charge in [0.25, 0.3) is 0 Å². The lowest BCUT2D eigenvalue weighted by molar-refractivity contribution is 0.0264. The van der Waals surface area contributed by atoms with Crippen LogP contribution in [0.25, 0.3) is 0 Å². The van der Waals surface area contributed by atoms with Crippen molar-refractivity contribution in [1.29, 1.82) is 0 Å². The van der Waals surface area contributed by atoms with E-state index < -0.39 is 5.60 Å². The SMILES string of the molecule is CCNC(=NCCc1ncc(C)s1)NCCN(CC)C(=O)OC(C)(C)C. The molecule has 148 valence electrons. The molecule has 26 heavy (non-hydrogen) atoms. The van der Waals surface area contributed by atoms with Crippen LogP contribution in [-0.2, 0) is 11.2 Å². The van der Waals surface area contributed by atoms with Gasteiger partial charge in [-0.1, -0.05) is 0 Å². The lowest BCUT2D eigenvalue weighted by Crippen LogP contribution is -2.44. The van der Waals surface area contributed by atoms with Gasteiger partial charge < -0.3 is 20.3 Å². The third-order valence-corrected chi connectivity index (χ3v) is 4.29. The zero-order valence-electron chi connectivity index (χ0n) is 16.9. The number of likely N-dealkylation sites (N-methyl/N-ethyl adjacent to an activating group) is 1. The zero-order chi connectivity index (χ0) is 19.6. The van der Waals surface area contributed by atoms with Gasteiger partial charge in [0.15, 0.2) is 5.96 Å². The van der Waals surface area contributed by atoms with Crippen molar-refractivity contribution >= 4 is 23.4 Å². The molecule has 0 bridgehead atoms. The molecule has 0 saturated heterocycles. The fourth-order valence-electron chi connectivity index (χ4n) is 2.14. The molecule has 0 spiro atoms. The summed E-state index contributed by atoms with van der Waals surface area (Å²) in [5, 5.41) is 7.59. The minimum atomic E-state index is -0.484. The highest BCUT2D eigenvalue weighted by atomic mass is 32.1. The highest BCUT2D eigenvalue weighted by molar-refractivity contribution is 7.11. The molecule has 1 aromatic heterocycles. The minimum absolute atomic E-state index is 0.289. The summed E-state index contributed by atoms with van der Waals surface area (Å²) in [5.41, 5.74) is -0.484. The average molecular weight is 384 g/mol. The number of carbonyl (C=O) groups is 1. The van der Waals surface area contributed by atoms with E-state index >= 15 is 0 Å². The Morgan fingerprint density at radius 1 is 1.35 bits per heavy atom. The first-order chi connectivity index (χ1) is 12.2. The van der Waals surface area contributed by atoms with E-state index in [1.165, 1.54) is 4.88 Å². The van der Waals surface area contributed by atoms with Crippen molar-refractivity contribution < 1.29 is 9.53 Å². The Bertz CT molecular complexity index is 580. The number of aliphatic imine (C=N–C) groups is 1. The predicted octanol–water partition coefficient (Wildman–Crippen LogP) is 2.81. The zero-order valence-corrected chi connectivity index (χ0v) is 17.7. The number of hydrogen-bond acceptors (Lipinski definition) is 5. The van der Waals surface area contributed by atoms with E-state index in [1.54, 1.807) is 16.2 Å². The maximum absolute atomic E-state index is 12.1. The summed E-state index contributed by atoms with van der Waals surface area (Å²) in [6.45, 7) is 14.9. The normalized spacial score (nSPS) is 12.0. The maximum Gasteiger partial charge on any atom is 0.410 e. The number of rotatable bonds is 8. The molecular weight excluding hydrogens is 350 g/mol. The molecule has 0 saturated carbocycles. The van der Waals surface area contributed by atoms with Crippen LogP contribution in [0.15, 0.2) is 11.2 Å². The van der Waals surface area contributed by atoms with Crippen LogP contribution in [-0.4, -0.2) is 60.3 Å². The summed E-state index contributed by atoms with van der Waals surface area (Å²) in [7, 11) is 0. The second kappa shape index (κ2) is 11.0. The molecule has 0 fully saturated rings. The Morgan fingerprint density at radius 2 is 2.08 bits per heavy atom. The van der Waals surface area contributed by atoms with Crippen LogP contribution < -0.4 is 10.6 Å². The quantitative estimate of drug-likeness (QED) is 0.533. The van der Waals surface area contributed by atoms with E-state index in [4.69, 9.17) is 4.74 Å². The van der Waals surface area contributed by atoms with Gasteiger partial charge in [-0.05, 0) is 41.5 Å². The predicted molar refractivity (Wildman–Crippen MR) is 108 cm³/mol. The Balaban J connectivity index is 2.45. The van der Waals surface area contributed by atoms with E-state index in [-0.39, 0.29) is 6.09 Å². The number of guanidine groups is 1. The number of aryl methyl sites for hydroxylation is 1. The second-order valence-corrected chi connectivity index (χ2v) is 8.18. The smallest absolute Gasteiger partial charge is 0.410 e. The van der Waals surface area contributed by atoms with Crippen molar-refractivity contribution in [1.82, 2.24) is 20.5 Å². The third-order valence-electron chi connectivity index (χ3n) is 3.32. The number of thiazole rings is 1. The van der Waals surface area contributed by atoms with Gasteiger partial charge in [-0.2, -0.15) is 0 Å². The number of amides is 1. The van der Waals surface area contributed by atoms with Gasteiger partial charge in [-0.15, -0.1) is 11.3 Å². The molecule has 1 heterocycles. The van der Waals surface area contributed by atoms with Crippen molar-refractivity contribution in [2.75, 3.05) is 32.7 Å². The molecule has 7 nitrogen and oxygen atoms in total. The number of hydrogen-bond donors (Lipinski definition) is 2. The number of aromatic nitrogens is 1. The lowest BCUT2D eigenvalue weighted by Gasteiger charge is -2.26. The molecule has 8 heteroatoms. The number of ether oxygens (including phenoxy) is 1. The second-order valence-electron chi connectivity index (χ2n) is 6.86. The molecule has 1 rings (SSSR count). The van der Waals surface area contributed by atoms with Crippen LogP contribution in [0.1, 0.15) is 44.5 Å². The highest BCUT2D eigenvalue weighted by Crippen LogP contribution is 2.11. The van der Waals surface area contributed by atoms with Gasteiger partial charge in [0.2, 0.25) is 0 Å². The van der Waals surface area contributed by atoms with Crippen LogP contribution in [0.5, 0.6) is 0 Å². The Morgan fingerprint density at radius 3 is 2.62 bits per heavy atom. The first-order valence-corrected chi connectivity index (χ1v) is 9.98. The fourth-order valence-corrected chi connectivity index (χ4v) is 2.91. The average Bonchev–Trinajstić information content (AvgIpc) is 2.95. The summed E-state index contributed by atoms with van der Waals surface area (Å²) in [5.74, 6) is 0.751. The summed E-state index contributed by atoms with van der Waals surface area (Å²) in [6, 6.07) is 0. The van der Waals surface area contributed by atoms with Gasteiger partial charge in [0, 0.05) is 50.2 Å². The first kappa shape index (κ1) is 22.2. The lowest BCUT2D eigenvalue weighted by atomic mass is 10.2. The molecule has 0 aliphatic heterocycles. The van der Waals surface area contributed by atoms with Gasteiger partial charge in [-0.3, -0.25) is 4.99 Å². The maximum atomic E-state index is 12.1. The summed E-state index contributed by atoms with van der Waals surface area (Å²) in [4.78, 5) is 24.0. The molecule has 0 aliphatic carbocycles. The van der Waals surface area contributed by atoms with Crippen LogP contribution >= 0.6 is 11.3 Å². The van der Waals surface area contributed by atoms with Crippen molar-refractivity contribution in [3.8, 4) is 0 Å². The molecule has 1 amide bonds. The third kappa shape index (κ3) is 9.03. The first-order valence-electron chi connectivity index (χ1n) is 9.16. The van der Waals surface area contributed by atoms with E-state index in [0.717, 1.165) is 23.9 Å². The van der Waals surface area contributed by atoms with Gasteiger partial charge >= 0.3 is 6.09 Å². The van der Waals surface area contributed by atoms with Crippen LogP contribution in [0.2, 0.25) is 0 Å². The molecule has 0 aliphatic rings. The Hall–Kier alpha value is -1.83. The van der Waals surface area contributed by atoms with Crippen LogP contribution in [0.3, 0.4) is 0 Å². The molecule has 0 atom stereocenters. The van der Waals surface area contributed by atoms with E-state index in [2.05, 4.69) is 27.5 Å². The van der Waals surface area contributed by atoms with Crippen molar-refractivity contribution in [3.63, 3.8) is 0 Å². The molecule has 2 N–H and O–H groups in total. The molecule has 0 aromatic carbocycles.